The maximum absolute atomic E-state index is 13.3. The van der Waals surface area contributed by atoms with Crippen LogP contribution in [0.15, 0.2) is 42.6 Å². The van der Waals surface area contributed by atoms with Crippen molar-refractivity contribution in [2.75, 3.05) is 6.61 Å². The number of aliphatic carboxylic acids is 1. The second-order valence-electron chi connectivity index (χ2n) is 8.77. The second kappa shape index (κ2) is 12.1. The quantitative estimate of drug-likeness (QED) is 0.282. The van der Waals surface area contributed by atoms with Gasteiger partial charge >= 0.3 is 5.97 Å². The number of rotatable bonds is 13. The summed E-state index contributed by atoms with van der Waals surface area (Å²) in [6.45, 7) is 3.05. The minimum absolute atomic E-state index is 0.0590. The van der Waals surface area contributed by atoms with Crippen LogP contribution in [-0.2, 0) is 29.6 Å². The molecular formula is C27H31N3O4. The molecule has 178 valence electrons. The molecule has 0 unspecified atom stereocenters. The fourth-order valence-corrected chi connectivity index (χ4v) is 4.25. The lowest BCUT2D eigenvalue weighted by Crippen LogP contribution is -2.12. The summed E-state index contributed by atoms with van der Waals surface area (Å²) in [6, 6.07) is 13.9. The van der Waals surface area contributed by atoms with Crippen molar-refractivity contribution >= 4 is 22.8 Å². The monoisotopic (exact) mass is 461 g/mol. The third-order valence-electron chi connectivity index (χ3n) is 5.93. The van der Waals surface area contributed by atoms with Crippen molar-refractivity contribution in [2.45, 2.75) is 52.1 Å². The molecule has 0 amide bonds. The van der Waals surface area contributed by atoms with Crippen LogP contribution in [0.1, 0.15) is 66.2 Å². The Morgan fingerprint density at radius 2 is 1.94 bits per heavy atom. The van der Waals surface area contributed by atoms with Crippen molar-refractivity contribution in [3.63, 3.8) is 0 Å². The zero-order valence-corrected chi connectivity index (χ0v) is 19.8. The Kier molecular flexibility index (Phi) is 8.94. The Morgan fingerprint density at radius 1 is 1.18 bits per heavy atom. The molecule has 0 saturated carbocycles. The smallest absolute Gasteiger partial charge is 0.303 e. The molecule has 2 aromatic heterocycles. The number of carboxylic acid groups (broad SMARTS) is 1. The van der Waals surface area contributed by atoms with Gasteiger partial charge in [-0.3, -0.25) is 9.59 Å². The molecule has 34 heavy (non-hydrogen) atoms. The predicted octanol–water partition coefficient (Wildman–Crippen LogP) is 5.06. The lowest BCUT2D eigenvalue weighted by atomic mass is 9.94. The molecule has 0 spiro atoms. The van der Waals surface area contributed by atoms with Crippen molar-refractivity contribution in [1.29, 1.82) is 5.26 Å². The van der Waals surface area contributed by atoms with E-state index in [1.165, 1.54) is 6.20 Å². The largest absolute Gasteiger partial charge is 0.481 e. The highest BCUT2D eigenvalue weighted by Crippen LogP contribution is 2.29. The van der Waals surface area contributed by atoms with Crippen molar-refractivity contribution < 1.29 is 19.4 Å². The van der Waals surface area contributed by atoms with Crippen molar-refractivity contribution in [3.05, 3.63) is 65.0 Å². The first-order valence-corrected chi connectivity index (χ1v) is 11.6. The van der Waals surface area contributed by atoms with Gasteiger partial charge in [-0.25, -0.2) is 4.98 Å². The number of hydrogen-bond donors (Lipinski definition) is 1. The molecule has 0 aliphatic heterocycles. The number of aromatic nitrogens is 2. The third kappa shape index (κ3) is 6.52. The molecular weight excluding hydrogens is 430 g/mol. The lowest BCUT2D eigenvalue weighted by Gasteiger charge is -2.10. The lowest BCUT2D eigenvalue weighted by molar-refractivity contribution is -0.137. The summed E-state index contributed by atoms with van der Waals surface area (Å²) in [7, 11) is 1.89. The molecule has 0 saturated heterocycles. The molecule has 1 aromatic carbocycles. The number of Topliss-reactive ketones (excluding diaryl/α,β-unsaturated/α-hetero) is 1. The molecule has 3 aromatic rings. The average Bonchev–Trinajstić information content (AvgIpc) is 3.09. The van der Waals surface area contributed by atoms with Gasteiger partial charge in [-0.1, -0.05) is 43.7 Å². The summed E-state index contributed by atoms with van der Waals surface area (Å²) >= 11 is 0. The van der Waals surface area contributed by atoms with Crippen LogP contribution in [0.2, 0.25) is 0 Å². The first-order valence-electron chi connectivity index (χ1n) is 11.6. The number of unbranched alkanes of at least 4 members (excludes halogenated alkanes) is 2. The number of carbonyl (C=O) groups excluding carboxylic acids is 1. The van der Waals surface area contributed by atoms with Crippen LogP contribution in [-0.4, -0.2) is 33.0 Å². The van der Waals surface area contributed by atoms with E-state index in [4.69, 9.17) is 9.84 Å². The molecule has 0 aliphatic rings. The van der Waals surface area contributed by atoms with Crippen LogP contribution in [0.5, 0.6) is 0 Å². The number of ether oxygens (including phenoxy) is 1. The van der Waals surface area contributed by atoms with Gasteiger partial charge in [0, 0.05) is 49.3 Å². The number of carboxylic acids is 1. The second-order valence-corrected chi connectivity index (χ2v) is 8.77. The minimum atomic E-state index is -0.915. The van der Waals surface area contributed by atoms with Crippen molar-refractivity contribution in [3.8, 4) is 6.07 Å². The molecule has 2 heterocycles. The van der Waals surface area contributed by atoms with Gasteiger partial charge in [0.1, 0.15) is 11.7 Å². The summed E-state index contributed by atoms with van der Waals surface area (Å²) in [4.78, 5) is 28.7. The zero-order valence-electron chi connectivity index (χ0n) is 19.8. The highest BCUT2D eigenvalue weighted by molar-refractivity contribution is 6.09. The number of benzene rings is 1. The topological polar surface area (TPSA) is 105 Å². The number of carbonyl (C=O) groups is 2. The number of aryl methyl sites for hydroxylation is 1. The average molecular weight is 462 g/mol. The van der Waals surface area contributed by atoms with Crippen molar-refractivity contribution in [1.82, 2.24) is 9.55 Å². The van der Waals surface area contributed by atoms with E-state index in [1.807, 2.05) is 41.9 Å². The van der Waals surface area contributed by atoms with Crippen LogP contribution >= 0.6 is 0 Å². The SMILES string of the molecule is C[C@@H](CC(=O)O)CC(=O)c1c(CCCCCOCc2ccccc2)n(C)c2ncc(C#N)cc12. The maximum atomic E-state index is 13.3. The summed E-state index contributed by atoms with van der Waals surface area (Å²) < 4.78 is 7.69. The van der Waals surface area contributed by atoms with Gasteiger partial charge in [0.25, 0.3) is 0 Å². The Hall–Kier alpha value is -3.50. The number of fused-ring (bicyclic) bond motifs is 1. The van der Waals surface area contributed by atoms with Gasteiger partial charge in [-0.05, 0) is 36.8 Å². The van der Waals surface area contributed by atoms with Crippen molar-refractivity contribution in [2.24, 2.45) is 13.0 Å². The molecule has 0 aliphatic carbocycles. The highest BCUT2D eigenvalue weighted by atomic mass is 16.5. The summed E-state index contributed by atoms with van der Waals surface area (Å²) in [6.07, 6.45) is 5.05. The van der Waals surface area contributed by atoms with E-state index in [0.717, 1.165) is 30.5 Å². The summed E-state index contributed by atoms with van der Waals surface area (Å²) in [5.74, 6) is -1.29. The van der Waals surface area contributed by atoms with E-state index in [1.54, 1.807) is 13.0 Å². The molecule has 0 fully saturated rings. The Labute approximate surface area is 200 Å². The van der Waals surface area contributed by atoms with E-state index in [0.29, 0.717) is 41.8 Å². The summed E-state index contributed by atoms with van der Waals surface area (Å²) in [5, 5.41) is 19.0. The molecule has 7 nitrogen and oxygen atoms in total. The van der Waals surface area contributed by atoms with Gasteiger partial charge in [0.05, 0.1) is 12.2 Å². The third-order valence-corrected chi connectivity index (χ3v) is 5.93. The van der Waals surface area contributed by atoms with Crippen LogP contribution in [0, 0.1) is 17.2 Å². The van der Waals surface area contributed by atoms with Crippen LogP contribution in [0.3, 0.4) is 0 Å². The van der Waals surface area contributed by atoms with Gasteiger partial charge in [-0.2, -0.15) is 5.26 Å². The van der Waals surface area contributed by atoms with E-state index < -0.39 is 5.97 Å². The van der Waals surface area contributed by atoms with E-state index >= 15 is 0 Å². The highest BCUT2D eigenvalue weighted by Gasteiger charge is 2.24. The van der Waals surface area contributed by atoms with E-state index in [9.17, 15) is 14.9 Å². The molecule has 0 bridgehead atoms. The fourth-order valence-electron chi connectivity index (χ4n) is 4.25. The van der Waals surface area contributed by atoms with E-state index in [2.05, 4.69) is 11.1 Å². The normalized spacial score (nSPS) is 11.9. The standard InChI is InChI=1S/C27H31N3O4/c1-19(14-25(32)33)13-24(31)26-22-15-21(16-28)17-29-27(22)30(2)23(26)11-7-4-8-12-34-18-20-9-5-3-6-10-20/h3,5-6,9-10,15,17,19H,4,7-8,11-14,18H2,1-2H3,(H,32,33)/t19-/m1/s1. The summed E-state index contributed by atoms with van der Waals surface area (Å²) in [5.41, 5.74) is 3.67. The van der Waals surface area contributed by atoms with Gasteiger partial charge in [0.15, 0.2) is 5.78 Å². The van der Waals surface area contributed by atoms with Crippen LogP contribution in [0.25, 0.3) is 11.0 Å². The van der Waals surface area contributed by atoms with Gasteiger partial charge < -0.3 is 14.4 Å². The van der Waals surface area contributed by atoms with Gasteiger partial charge in [-0.15, -0.1) is 0 Å². The number of ketones is 1. The predicted molar refractivity (Wildman–Crippen MR) is 129 cm³/mol. The van der Waals surface area contributed by atoms with Crippen LogP contribution < -0.4 is 0 Å². The zero-order chi connectivity index (χ0) is 24.5. The fraction of sp³-hybridized carbons (Fsp3) is 0.407. The number of nitrogens with zero attached hydrogens (tertiary/aromatic N) is 3. The Bertz CT molecular complexity index is 1180. The van der Waals surface area contributed by atoms with Gasteiger partial charge in [0.2, 0.25) is 0 Å². The van der Waals surface area contributed by atoms with Crippen LogP contribution in [0.4, 0.5) is 0 Å². The molecule has 3 rings (SSSR count). The Morgan fingerprint density at radius 3 is 2.65 bits per heavy atom. The Balaban J connectivity index is 1.67. The number of hydrogen-bond acceptors (Lipinski definition) is 5. The minimum Gasteiger partial charge on any atom is -0.481 e. The number of pyridine rings is 1. The number of nitriles is 1. The first kappa shape index (κ1) is 25.1. The van der Waals surface area contributed by atoms with E-state index in [-0.39, 0.29) is 24.5 Å². The first-order chi connectivity index (χ1) is 16.4. The molecule has 1 atom stereocenters. The molecule has 1 N–H and O–H groups in total. The molecule has 7 heteroatoms. The maximum Gasteiger partial charge on any atom is 0.303 e. The molecule has 0 radical (unpaired) electrons.